The molecule has 1 aromatic rings. The summed E-state index contributed by atoms with van der Waals surface area (Å²) in [5, 5.41) is 2.35. The first-order valence-electron chi connectivity index (χ1n) is 5.74. The van der Waals surface area contributed by atoms with E-state index in [2.05, 4.69) is 5.32 Å². The van der Waals surface area contributed by atoms with Crippen molar-refractivity contribution in [2.45, 2.75) is 38.9 Å². The molecule has 18 heavy (non-hydrogen) atoms. The van der Waals surface area contributed by atoms with Gasteiger partial charge in [0, 0.05) is 6.92 Å². The fraction of sp³-hybridized carbons (Fsp3) is 0.462. The van der Waals surface area contributed by atoms with Crippen LogP contribution >= 0.6 is 0 Å². The maximum Gasteiger partial charge on any atom is 0.391 e. The topological polar surface area (TPSA) is 29.1 Å². The number of halogens is 3. The summed E-state index contributed by atoms with van der Waals surface area (Å²) < 4.78 is 37.4. The molecule has 0 aromatic heterocycles. The van der Waals surface area contributed by atoms with Crippen LogP contribution in [0.2, 0.25) is 0 Å². The van der Waals surface area contributed by atoms with E-state index < -0.39 is 24.5 Å². The molecule has 0 bridgehead atoms. The Bertz CT molecular complexity index is 415. The average molecular weight is 259 g/mol. The van der Waals surface area contributed by atoms with E-state index in [0.29, 0.717) is 5.56 Å². The van der Waals surface area contributed by atoms with Gasteiger partial charge in [-0.2, -0.15) is 13.2 Å². The number of benzene rings is 1. The van der Waals surface area contributed by atoms with Crippen LogP contribution in [-0.2, 0) is 11.2 Å². The quantitative estimate of drug-likeness (QED) is 0.882. The third-order valence-corrected chi connectivity index (χ3v) is 2.57. The minimum Gasteiger partial charge on any atom is -0.349 e. The van der Waals surface area contributed by atoms with E-state index >= 15 is 0 Å². The average Bonchev–Trinajstić information content (AvgIpc) is 2.26. The van der Waals surface area contributed by atoms with Gasteiger partial charge in [0.05, 0.1) is 12.5 Å². The Morgan fingerprint density at radius 2 is 2.06 bits per heavy atom. The second kappa shape index (κ2) is 5.89. The molecular formula is C13H16F3NO. The molecule has 1 amide bonds. The van der Waals surface area contributed by atoms with Crippen molar-refractivity contribution in [3.05, 3.63) is 35.4 Å². The Kier molecular flexibility index (Phi) is 4.76. The summed E-state index contributed by atoms with van der Waals surface area (Å²) in [5.74, 6) is -0.467. The molecule has 1 aromatic carbocycles. The lowest BCUT2D eigenvalue weighted by molar-refractivity contribution is -0.142. The highest BCUT2D eigenvalue weighted by Gasteiger charge is 2.33. The minimum absolute atomic E-state index is 0.467. The predicted molar refractivity (Wildman–Crippen MR) is 63.0 cm³/mol. The van der Waals surface area contributed by atoms with Crippen molar-refractivity contribution in [2.75, 3.05) is 0 Å². The van der Waals surface area contributed by atoms with Crippen molar-refractivity contribution in [1.82, 2.24) is 5.32 Å². The van der Waals surface area contributed by atoms with E-state index in [1.54, 1.807) is 18.2 Å². The number of amides is 1. The number of alkyl halides is 3. The van der Waals surface area contributed by atoms with Crippen LogP contribution in [0.5, 0.6) is 0 Å². The monoisotopic (exact) mass is 259 g/mol. The Balaban J connectivity index is 2.96. The second-order valence-corrected chi connectivity index (χ2v) is 4.17. The van der Waals surface area contributed by atoms with Gasteiger partial charge in [0.25, 0.3) is 0 Å². The third kappa shape index (κ3) is 4.77. The van der Waals surface area contributed by atoms with Crippen molar-refractivity contribution < 1.29 is 18.0 Å². The number of hydrogen-bond acceptors (Lipinski definition) is 1. The summed E-state index contributed by atoms with van der Waals surface area (Å²) in [7, 11) is 0. The molecule has 2 nitrogen and oxygen atoms in total. The van der Waals surface area contributed by atoms with Crippen molar-refractivity contribution in [3.8, 4) is 0 Å². The maximum absolute atomic E-state index is 12.5. The van der Waals surface area contributed by atoms with E-state index in [9.17, 15) is 18.0 Å². The van der Waals surface area contributed by atoms with E-state index in [-0.39, 0.29) is 0 Å². The van der Waals surface area contributed by atoms with Crippen LogP contribution in [0.1, 0.15) is 37.4 Å². The molecule has 0 saturated carbocycles. The van der Waals surface area contributed by atoms with Crippen LogP contribution in [0.4, 0.5) is 13.2 Å². The predicted octanol–water partition coefficient (Wildman–Crippen LogP) is 3.38. The molecule has 0 saturated heterocycles. The number of rotatable bonds is 4. The van der Waals surface area contributed by atoms with Crippen molar-refractivity contribution in [3.63, 3.8) is 0 Å². The first-order chi connectivity index (χ1) is 8.31. The summed E-state index contributed by atoms with van der Waals surface area (Å²) >= 11 is 0. The largest absolute Gasteiger partial charge is 0.391 e. The highest BCUT2D eigenvalue weighted by molar-refractivity contribution is 5.73. The fourth-order valence-corrected chi connectivity index (χ4v) is 1.76. The first kappa shape index (κ1) is 14.5. The lowest BCUT2D eigenvalue weighted by Crippen LogP contribution is -2.30. The van der Waals surface area contributed by atoms with Crippen molar-refractivity contribution in [2.24, 2.45) is 0 Å². The van der Waals surface area contributed by atoms with Gasteiger partial charge in [-0.1, -0.05) is 31.2 Å². The molecule has 0 heterocycles. The lowest BCUT2D eigenvalue weighted by Gasteiger charge is -2.20. The van der Waals surface area contributed by atoms with Gasteiger partial charge in [-0.3, -0.25) is 4.79 Å². The lowest BCUT2D eigenvalue weighted by atomic mass is 10.00. The van der Waals surface area contributed by atoms with Crippen LogP contribution in [0, 0.1) is 0 Å². The highest BCUT2D eigenvalue weighted by atomic mass is 19.4. The molecule has 0 fully saturated rings. The van der Waals surface area contributed by atoms with E-state index in [0.717, 1.165) is 12.0 Å². The molecule has 1 N–H and O–H groups in total. The summed E-state index contributed by atoms with van der Waals surface area (Å²) in [5.41, 5.74) is 1.44. The number of carbonyl (C=O) groups is 1. The smallest absolute Gasteiger partial charge is 0.349 e. The SMILES string of the molecule is CCc1cccc(C(CC(F)(F)F)NC(C)=O)c1. The van der Waals surface area contributed by atoms with Gasteiger partial charge in [-0.25, -0.2) is 0 Å². The molecule has 1 atom stereocenters. The van der Waals surface area contributed by atoms with Crippen molar-refractivity contribution >= 4 is 5.91 Å². The minimum atomic E-state index is -4.31. The second-order valence-electron chi connectivity index (χ2n) is 4.17. The summed E-state index contributed by atoms with van der Waals surface area (Å²) in [6, 6.07) is 5.84. The Labute approximate surface area is 104 Å². The zero-order valence-electron chi connectivity index (χ0n) is 10.3. The van der Waals surface area contributed by atoms with Crippen LogP contribution in [-0.4, -0.2) is 12.1 Å². The van der Waals surface area contributed by atoms with E-state index in [4.69, 9.17) is 0 Å². The fourth-order valence-electron chi connectivity index (χ4n) is 1.76. The normalized spacial score (nSPS) is 13.2. The Morgan fingerprint density at radius 3 is 2.56 bits per heavy atom. The number of carbonyl (C=O) groups excluding carboxylic acids is 1. The molecule has 0 aliphatic heterocycles. The van der Waals surface area contributed by atoms with Crippen LogP contribution in [0.3, 0.4) is 0 Å². The molecule has 100 valence electrons. The number of nitrogens with one attached hydrogen (secondary N) is 1. The molecule has 0 aliphatic carbocycles. The van der Waals surface area contributed by atoms with Crippen LogP contribution in [0.15, 0.2) is 24.3 Å². The summed E-state index contributed by atoms with van der Waals surface area (Å²) in [6.45, 7) is 3.14. The van der Waals surface area contributed by atoms with Gasteiger partial charge >= 0.3 is 6.18 Å². The van der Waals surface area contributed by atoms with Crippen molar-refractivity contribution in [1.29, 1.82) is 0 Å². The Hall–Kier alpha value is -1.52. The molecule has 0 radical (unpaired) electrons. The van der Waals surface area contributed by atoms with Gasteiger partial charge in [0.1, 0.15) is 0 Å². The molecule has 0 aliphatic rings. The van der Waals surface area contributed by atoms with Gasteiger partial charge in [0.15, 0.2) is 0 Å². The maximum atomic E-state index is 12.5. The first-order valence-corrected chi connectivity index (χ1v) is 5.74. The van der Waals surface area contributed by atoms with E-state index in [1.165, 1.54) is 6.92 Å². The zero-order chi connectivity index (χ0) is 13.8. The number of aryl methyl sites for hydroxylation is 1. The van der Waals surface area contributed by atoms with Gasteiger partial charge in [-0.05, 0) is 17.5 Å². The standard InChI is InChI=1S/C13H16F3NO/c1-3-10-5-4-6-11(7-10)12(17-9(2)18)8-13(14,15)16/h4-7,12H,3,8H2,1-2H3,(H,17,18). The molecular weight excluding hydrogens is 243 g/mol. The Morgan fingerprint density at radius 1 is 1.39 bits per heavy atom. The van der Waals surface area contributed by atoms with Gasteiger partial charge in [0.2, 0.25) is 5.91 Å². The highest BCUT2D eigenvalue weighted by Crippen LogP contribution is 2.29. The van der Waals surface area contributed by atoms with Crippen LogP contribution in [0.25, 0.3) is 0 Å². The molecule has 1 rings (SSSR count). The number of hydrogen-bond donors (Lipinski definition) is 1. The molecule has 1 unspecified atom stereocenters. The summed E-state index contributed by atoms with van der Waals surface area (Å²) in [6.07, 6.45) is -4.62. The van der Waals surface area contributed by atoms with Gasteiger partial charge < -0.3 is 5.32 Å². The molecule has 0 spiro atoms. The zero-order valence-corrected chi connectivity index (χ0v) is 10.3. The summed E-state index contributed by atoms with van der Waals surface area (Å²) in [4.78, 5) is 11.0. The van der Waals surface area contributed by atoms with Gasteiger partial charge in [-0.15, -0.1) is 0 Å². The molecule has 5 heteroatoms. The van der Waals surface area contributed by atoms with E-state index in [1.807, 2.05) is 13.0 Å². The van der Waals surface area contributed by atoms with Crippen LogP contribution < -0.4 is 5.32 Å². The third-order valence-electron chi connectivity index (χ3n) is 2.57.